The fourth-order valence-electron chi connectivity index (χ4n) is 3.93. The summed E-state index contributed by atoms with van der Waals surface area (Å²) in [7, 11) is 3.30. The molecule has 1 heterocycles. The van der Waals surface area contributed by atoms with Crippen LogP contribution in [0.2, 0.25) is 0 Å². The fraction of sp³-hybridized carbons (Fsp3) is 0.269. The van der Waals surface area contributed by atoms with Crippen LogP contribution in [0.1, 0.15) is 22.3 Å². The van der Waals surface area contributed by atoms with Crippen molar-refractivity contribution in [2.75, 3.05) is 26.1 Å². The molecule has 1 amide bonds. The van der Waals surface area contributed by atoms with E-state index in [1.807, 2.05) is 53.4 Å². The Morgan fingerprint density at radius 2 is 1.74 bits per heavy atom. The molecule has 0 saturated carbocycles. The Hall–Kier alpha value is -3.47. The van der Waals surface area contributed by atoms with Gasteiger partial charge in [-0.1, -0.05) is 36.4 Å². The molecule has 1 aliphatic rings. The quantitative estimate of drug-likeness (QED) is 0.619. The molecule has 0 atom stereocenters. The first-order chi connectivity index (χ1) is 15.2. The lowest BCUT2D eigenvalue weighted by atomic mass is 9.99. The predicted octanol–water partition coefficient (Wildman–Crippen LogP) is 4.44. The number of anilines is 1. The molecule has 0 radical (unpaired) electrons. The van der Waals surface area contributed by atoms with Crippen LogP contribution in [0.5, 0.6) is 11.5 Å². The number of carbonyl (C=O) groups excluding carboxylic acids is 1. The maximum Gasteiger partial charge on any atom is 0.227 e. The molecule has 4 rings (SSSR count). The molecule has 31 heavy (non-hydrogen) atoms. The van der Waals surface area contributed by atoms with Crippen LogP contribution in [0.4, 0.5) is 5.69 Å². The second kappa shape index (κ2) is 9.56. The van der Waals surface area contributed by atoms with Gasteiger partial charge in [-0.2, -0.15) is 0 Å². The lowest BCUT2D eigenvalue weighted by molar-refractivity contribution is -0.131. The lowest BCUT2D eigenvalue weighted by Crippen LogP contribution is -2.36. The third-order valence-electron chi connectivity index (χ3n) is 5.77. The topological polar surface area (TPSA) is 50.8 Å². The molecule has 0 unspecified atom stereocenters. The third kappa shape index (κ3) is 5.00. The Labute approximate surface area is 183 Å². The summed E-state index contributed by atoms with van der Waals surface area (Å²) in [5.74, 6) is 1.74. The zero-order chi connectivity index (χ0) is 21.6. The van der Waals surface area contributed by atoms with Gasteiger partial charge in [-0.3, -0.25) is 4.79 Å². The van der Waals surface area contributed by atoms with E-state index in [1.54, 1.807) is 14.2 Å². The van der Waals surface area contributed by atoms with Gasteiger partial charge in [0.15, 0.2) is 0 Å². The van der Waals surface area contributed by atoms with E-state index in [0.717, 1.165) is 41.3 Å². The first-order valence-corrected chi connectivity index (χ1v) is 10.5. The van der Waals surface area contributed by atoms with Crippen molar-refractivity contribution in [3.8, 4) is 11.5 Å². The molecule has 5 heteroatoms. The first kappa shape index (κ1) is 20.8. The van der Waals surface area contributed by atoms with Crippen molar-refractivity contribution in [2.45, 2.75) is 25.9 Å². The minimum absolute atomic E-state index is 0.179. The second-order valence-electron chi connectivity index (χ2n) is 7.74. The van der Waals surface area contributed by atoms with E-state index in [2.05, 4.69) is 23.5 Å². The van der Waals surface area contributed by atoms with E-state index in [-0.39, 0.29) is 5.91 Å². The monoisotopic (exact) mass is 416 g/mol. The van der Waals surface area contributed by atoms with Crippen molar-refractivity contribution in [3.63, 3.8) is 0 Å². The normalized spacial score (nSPS) is 12.8. The number of ether oxygens (including phenoxy) is 2. The van der Waals surface area contributed by atoms with Crippen LogP contribution >= 0.6 is 0 Å². The molecule has 0 saturated heterocycles. The van der Waals surface area contributed by atoms with Crippen molar-refractivity contribution < 1.29 is 14.3 Å². The maximum atomic E-state index is 12.8. The summed E-state index contributed by atoms with van der Waals surface area (Å²) < 4.78 is 10.7. The SMILES string of the molecule is COc1ccc(CNc2ccc(CC(=O)N3CCc4ccccc4C3)cc2)c(OC)c1. The average molecular weight is 417 g/mol. The summed E-state index contributed by atoms with van der Waals surface area (Å²) in [5.41, 5.74) is 5.69. The zero-order valence-corrected chi connectivity index (χ0v) is 18.1. The number of amides is 1. The molecule has 0 aromatic heterocycles. The van der Waals surface area contributed by atoms with E-state index < -0.39 is 0 Å². The van der Waals surface area contributed by atoms with Crippen molar-refractivity contribution in [1.29, 1.82) is 0 Å². The van der Waals surface area contributed by atoms with Crippen LogP contribution in [-0.2, 0) is 30.7 Å². The van der Waals surface area contributed by atoms with E-state index in [9.17, 15) is 4.79 Å². The highest BCUT2D eigenvalue weighted by atomic mass is 16.5. The number of hydrogen-bond acceptors (Lipinski definition) is 4. The third-order valence-corrected chi connectivity index (χ3v) is 5.77. The number of nitrogens with one attached hydrogen (secondary N) is 1. The van der Waals surface area contributed by atoms with Gasteiger partial charge in [0.2, 0.25) is 5.91 Å². The van der Waals surface area contributed by atoms with Gasteiger partial charge in [-0.25, -0.2) is 0 Å². The van der Waals surface area contributed by atoms with E-state index in [1.165, 1.54) is 11.1 Å². The summed E-state index contributed by atoms with van der Waals surface area (Å²) in [6, 6.07) is 22.3. The predicted molar refractivity (Wildman–Crippen MR) is 123 cm³/mol. The number of carbonyl (C=O) groups is 1. The fourth-order valence-corrected chi connectivity index (χ4v) is 3.93. The van der Waals surface area contributed by atoms with Gasteiger partial charge in [0, 0.05) is 37.0 Å². The van der Waals surface area contributed by atoms with E-state index in [0.29, 0.717) is 19.5 Å². The highest BCUT2D eigenvalue weighted by molar-refractivity contribution is 5.79. The second-order valence-corrected chi connectivity index (χ2v) is 7.74. The van der Waals surface area contributed by atoms with E-state index in [4.69, 9.17) is 9.47 Å². The zero-order valence-electron chi connectivity index (χ0n) is 18.1. The molecular formula is C26H28N2O3. The molecule has 160 valence electrons. The molecule has 0 aliphatic carbocycles. The Morgan fingerprint density at radius 3 is 2.48 bits per heavy atom. The number of fused-ring (bicyclic) bond motifs is 1. The Kier molecular flexibility index (Phi) is 6.41. The van der Waals surface area contributed by atoms with Gasteiger partial charge in [0.25, 0.3) is 0 Å². The largest absolute Gasteiger partial charge is 0.497 e. The molecule has 1 N–H and O–H groups in total. The minimum atomic E-state index is 0.179. The van der Waals surface area contributed by atoms with Crippen LogP contribution in [-0.4, -0.2) is 31.6 Å². The van der Waals surface area contributed by atoms with E-state index >= 15 is 0 Å². The first-order valence-electron chi connectivity index (χ1n) is 10.5. The maximum absolute atomic E-state index is 12.8. The highest BCUT2D eigenvalue weighted by Gasteiger charge is 2.20. The van der Waals surface area contributed by atoms with Crippen LogP contribution < -0.4 is 14.8 Å². The van der Waals surface area contributed by atoms with Gasteiger partial charge in [-0.05, 0) is 47.4 Å². The number of rotatable bonds is 7. The lowest BCUT2D eigenvalue weighted by Gasteiger charge is -2.29. The van der Waals surface area contributed by atoms with Crippen molar-refractivity contribution in [3.05, 3.63) is 89.0 Å². The van der Waals surface area contributed by atoms with Crippen LogP contribution in [0.25, 0.3) is 0 Å². The summed E-state index contributed by atoms with van der Waals surface area (Å²) in [6.45, 7) is 2.14. The molecule has 0 fully saturated rings. The van der Waals surface area contributed by atoms with Crippen molar-refractivity contribution >= 4 is 11.6 Å². The molecular weight excluding hydrogens is 388 g/mol. The highest BCUT2D eigenvalue weighted by Crippen LogP contribution is 2.25. The van der Waals surface area contributed by atoms with Crippen molar-refractivity contribution in [1.82, 2.24) is 4.90 Å². The van der Waals surface area contributed by atoms with Crippen LogP contribution in [0.3, 0.4) is 0 Å². The van der Waals surface area contributed by atoms with Crippen molar-refractivity contribution in [2.24, 2.45) is 0 Å². The molecule has 5 nitrogen and oxygen atoms in total. The number of methoxy groups -OCH3 is 2. The number of nitrogens with zero attached hydrogens (tertiary/aromatic N) is 1. The van der Waals surface area contributed by atoms with Crippen LogP contribution in [0, 0.1) is 0 Å². The average Bonchev–Trinajstić information content (AvgIpc) is 2.83. The number of benzene rings is 3. The minimum Gasteiger partial charge on any atom is -0.497 e. The Balaban J connectivity index is 1.33. The van der Waals surface area contributed by atoms with Gasteiger partial charge in [0.05, 0.1) is 20.6 Å². The molecule has 0 bridgehead atoms. The summed E-state index contributed by atoms with van der Waals surface area (Å²) in [4.78, 5) is 14.7. The standard InChI is InChI=1S/C26H28N2O3/c1-30-24-12-9-21(25(16-24)31-2)17-27-23-10-7-19(8-11-23)15-26(29)28-14-13-20-5-3-4-6-22(20)18-28/h3-12,16,27H,13-15,17-18H2,1-2H3. The number of hydrogen-bond donors (Lipinski definition) is 1. The molecule has 0 spiro atoms. The van der Waals surface area contributed by atoms with Crippen LogP contribution in [0.15, 0.2) is 66.7 Å². The molecule has 3 aromatic rings. The smallest absolute Gasteiger partial charge is 0.227 e. The summed E-state index contributed by atoms with van der Waals surface area (Å²) in [6.07, 6.45) is 1.36. The molecule has 3 aromatic carbocycles. The van der Waals surface area contributed by atoms with Gasteiger partial charge >= 0.3 is 0 Å². The molecule has 1 aliphatic heterocycles. The summed E-state index contributed by atoms with van der Waals surface area (Å²) >= 11 is 0. The Morgan fingerprint density at radius 1 is 0.968 bits per heavy atom. The van der Waals surface area contributed by atoms with Gasteiger partial charge < -0.3 is 19.7 Å². The van der Waals surface area contributed by atoms with Gasteiger partial charge in [0.1, 0.15) is 11.5 Å². The van der Waals surface area contributed by atoms with Gasteiger partial charge in [-0.15, -0.1) is 0 Å². The Bertz CT molecular complexity index is 1050. The summed E-state index contributed by atoms with van der Waals surface area (Å²) in [5, 5.41) is 3.41.